The summed E-state index contributed by atoms with van der Waals surface area (Å²) in [5.41, 5.74) is 0. The number of nitrogens with zero attached hydrogens (tertiary/aromatic N) is 2. The van der Waals surface area contributed by atoms with Crippen LogP contribution in [0.3, 0.4) is 0 Å². The van der Waals surface area contributed by atoms with Crippen LogP contribution in [0.2, 0.25) is 0 Å². The zero-order valence-electron chi connectivity index (χ0n) is 7.95. The van der Waals surface area contributed by atoms with E-state index < -0.39 is 0 Å². The summed E-state index contributed by atoms with van der Waals surface area (Å²) in [6, 6.07) is 2.83. The summed E-state index contributed by atoms with van der Waals surface area (Å²) in [4.78, 5) is 2.47. The van der Waals surface area contributed by atoms with E-state index in [9.17, 15) is 0 Å². The topological polar surface area (TPSA) is 27.0 Å². The second-order valence-electron chi connectivity index (χ2n) is 4.20. The van der Waals surface area contributed by atoms with Crippen LogP contribution in [0.4, 0.5) is 0 Å². The Hall–Kier alpha value is -0.810. The Morgan fingerprint density at radius 2 is 2.46 bits per heavy atom. The first-order chi connectivity index (χ1) is 6.35. The molecule has 70 valence electrons. The minimum Gasteiger partial charge on any atom is -0.299 e. The zero-order valence-corrected chi connectivity index (χ0v) is 7.95. The zero-order chi connectivity index (χ0) is 9.26. The van der Waals surface area contributed by atoms with E-state index in [0.717, 1.165) is 12.5 Å². The molecule has 0 radical (unpaired) electrons. The van der Waals surface area contributed by atoms with Gasteiger partial charge in [-0.1, -0.05) is 6.08 Å². The summed E-state index contributed by atoms with van der Waals surface area (Å²) in [5, 5.41) is 8.67. The molecule has 0 spiro atoms. The molecule has 2 bridgehead atoms. The molecular weight excluding hydrogens is 160 g/mol. The molecule has 3 heterocycles. The Bertz CT molecular complexity index is 241. The van der Waals surface area contributed by atoms with Crippen molar-refractivity contribution in [3.8, 4) is 6.07 Å². The highest BCUT2D eigenvalue weighted by molar-refractivity contribution is 5.00. The quantitative estimate of drug-likeness (QED) is 0.600. The second kappa shape index (κ2) is 3.51. The molecule has 2 nitrogen and oxygen atoms in total. The molecule has 3 rings (SSSR count). The second-order valence-corrected chi connectivity index (χ2v) is 4.20. The van der Waals surface area contributed by atoms with Gasteiger partial charge in [-0.2, -0.15) is 5.26 Å². The molecule has 0 N–H and O–H groups in total. The summed E-state index contributed by atoms with van der Waals surface area (Å²) in [7, 11) is 0. The highest BCUT2D eigenvalue weighted by Crippen LogP contribution is 2.37. The van der Waals surface area contributed by atoms with E-state index in [1.54, 1.807) is 0 Å². The molecule has 4 atom stereocenters. The van der Waals surface area contributed by atoms with Crippen molar-refractivity contribution in [3.63, 3.8) is 0 Å². The van der Waals surface area contributed by atoms with Crippen molar-refractivity contribution in [1.29, 1.82) is 5.26 Å². The summed E-state index contributed by atoms with van der Waals surface area (Å²) >= 11 is 0. The van der Waals surface area contributed by atoms with Gasteiger partial charge in [0, 0.05) is 12.6 Å². The Labute approximate surface area is 79.8 Å². The maximum atomic E-state index is 8.67. The highest BCUT2D eigenvalue weighted by atomic mass is 15.2. The van der Waals surface area contributed by atoms with Gasteiger partial charge in [0.05, 0.1) is 12.5 Å². The van der Waals surface area contributed by atoms with Gasteiger partial charge in [0.2, 0.25) is 0 Å². The first kappa shape index (κ1) is 8.77. The van der Waals surface area contributed by atoms with Crippen LogP contribution in [0.1, 0.15) is 19.3 Å². The normalized spacial score (nSPS) is 42.7. The van der Waals surface area contributed by atoms with E-state index in [2.05, 4.69) is 23.6 Å². The molecule has 3 fully saturated rings. The number of hydrogen-bond acceptors (Lipinski definition) is 2. The lowest BCUT2D eigenvalue weighted by atomic mass is 9.75. The van der Waals surface area contributed by atoms with E-state index in [1.807, 2.05) is 0 Å². The third kappa shape index (κ3) is 1.49. The maximum Gasteiger partial charge on any atom is 0.0638 e. The van der Waals surface area contributed by atoms with Crippen molar-refractivity contribution in [2.45, 2.75) is 25.3 Å². The molecule has 2 heteroatoms. The number of piperidine rings is 3. The molecule has 1 unspecified atom stereocenters. The van der Waals surface area contributed by atoms with Crippen LogP contribution in [0, 0.1) is 23.2 Å². The van der Waals surface area contributed by atoms with Crippen molar-refractivity contribution in [3.05, 3.63) is 12.7 Å². The predicted octanol–water partition coefficient (Wildman–Crippen LogP) is 1.80. The van der Waals surface area contributed by atoms with Crippen LogP contribution in [-0.4, -0.2) is 24.0 Å². The summed E-state index contributed by atoms with van der Waals surface area (Å²) in [6.07, 6.45) is 5.32. The average molecular weight is 176 g/mol. The third-order valence-corrected chi connectivity index (χ3v) is 3.56. The molecule has 0 aromatic heterocycles. The standard InChI is InChI=1S/C11H16N2/c1-2-9-8-13-6-4-10(9)7-11(13)3-5-12/h2,9-11H,1,3-4,6-8H2/t9-,10-,11+/m0/s1. The van der Waals surface area contributed by atoms with Gasteiger partial charge < -0.3 is 0 Å². The van der Waals surface area contributed by atoms with Gasteiger partial charge in [-0.3, -0.25) is 4.90 Å². The van der Waals surface area contributed by atoms with Gasteiger partial charge >= 0.3 is 0 Å². The lowest BCUT2D eigenvalue weighted by Crippen LogP contribution is -2.52. The minimum atomic E-state index is 0.542. The summed E-state index contributed by atoms with van der Waals surface area (Å²) in [6.45, 7) is 6.22. The first-order valence-electron chi connectivity index (χ1n) is 5.08. The van der Waals surface area contributed by atoms with Crippen LogP contribution in [0.5, 0.6) is 0 Å². The molecule has 13 heavy (non-hydrogen) atoms. The van der Waals surface area contributed by atoms with Crippen LogP contribution in [-0.2, 0) is 0 Å². The monoisotopic (exact) mass is 176 g/mol. The van der Waals surface area contributed by atoms with Gasteiger partial charge in [0.1, 0.15) is 0 Å². The molecular formula is C11H16N2. The SMILES string of the molecule is C=C[C@H]1CN2CC[C@H]1C[C@H]2CC#N. The molecule has 3 aliphatic heterocycles. The Morgan fingerprint density at radius 1 is 1.62 bits per heavy atom. The van der Waals surface area contributed by atoms with E-state index >= 15 is 0 Å². The Morgan fingerprint density at radius 3 is 3.00 bits per heavy atom. The van der Waals surface area contributed by atoms with Gasteiger partial charge in [0.25, 0.3) is 0 Å². The Balaban J connectivity index is 2.03. The molecule has 3 saturated heterocycles. The fourth-order valence-electron chi connectivity index (χ4n) is 2.76. The predicted molar refractivity (Wildman–Crippen MR) is 52.0 cm³/mol. The smallest absolute Gasteiger partial charge is 0.0638 e. The fraction of sp³-hybridized carbons (Fsp3) is 0.727. The lowest BCUT2D eigenvalue weighted by Gasteiger charge is -2.48. The van der Waals surface area contributed by atoms with Crippen LogP contribution < -0.4 is 0 Å². The van der Waals surface area contributed by atoms with Gasteiger partial charge in [0.15, 0.2) is 0 Å². The van der Waals surface area contributed by atoms with Crippen molar-refractivity contribution >= 4 is 0 Å². The largest absolute Gasteiger partial charge is 0.299 e. The van der Waals surface area contributed by atoms with Crippen molar-refractivity contribution in [1.82, 2.24) is 4.90 Å². The van der Waals surface area contributed by atoms with E-state index in [-0.39, 0.29) is 0 Å². The molecule has 0 aromatic rings. The maximum absolute atomic E-state index is 8.67. The van der Waals surface area contributed by atoms with E-state index in [0.29, 0.717) is 18.4 Å². The van der Waals surface area contributed by atoms with Gasteiger partial charge in [-0.15, -0.1) is 6.58 Å². The summed E-state index contributed by atoms with van der Waals surface area (Å²) in [5.74, 6) is 1.49. The van der Waals surface area contributed by atoms with Crippen LogP contribution in [0.25, 0.3) is 0 Å². The van der Waals surface area contributed by atoms with E-state index in [1.165, 1.54) is 19.4 Å². The average Bonchev–Trinajstić information content (AvgIpc) is 2.19. The Kier molecular flexibility index (Phi) is 2.37. The molecule has 0 amide bonds. The molecule has 0 saturated carbocycles. The van der Waals surface area contributed by atoms with Crippen molar-refractivity contribution < 1.29 is 0 Å². The van der Waals surface area contributed by atoms with Crippen LogP contribution in [0.15, 0.2) is 12.7 Å². The summed E-state index contributed by atoms with van der Waals surface area (Å²) < 4.78 is 0. The molecule has 0 aromatic carbocycles. The number of fused-ring (bicyclic) bond motifs is 3. The third-order valence-electron chi connectivity index (χ3n) is 3.56. The number of rotatable bonds is 2. The van der Waals surface area contributed by atoms with Gasteiger partial charge in [-0.25, -0.2) is 0 Å². The van der Waals surface area contributed by atoms with Crippen molar-refractivity contribution in [2.75, 3.05) is 13.1 Å². The molecule has 0 aliphatic carbocycles. The lowest BCUT2D eigenvalue weighted by molar-refractivity contribution is 0.0214. The van der Waals surface area contributed by atoms with Crippen LogP contribution >= 0.6 is 0 Å². The van der Waals surface area contributed by atoms with Crippen molar-refractivity contribution in [2.24, 2.45) is 11.8 Å². The number of nitriles is 1. The van der Waals surface area contributed by atoms with E-state index in [4.69, 9.17) is 5.26 Å². The van der Waals surface area contributed by atoms with Gasteiger partial charge in [-0.05, 0) is 31.2 Å². The first-order valence-corrected chi connectivity index (χ1v) is 5.08. The number of hydrogen-bond donors (Lipinski definition) is 0. The molecule has 3 aliphatic rings. The fourth-order valence-corrected chi connectivity index (χ4v) is 2.76. The minimum absolute atomic E-state index is 0.542. The highest BCUT2D eigenvalue weighted by Gasteiger charge is 2.38.